The Bertz CT molecular complexity index is 1130. The van der Waals surface area contributed by atoms with Crippen molar-refractivity contribution >= 4 is 21.7 Å². The van der Waals surface area contributed by atoms with E-state index in [1.165, 1.54) is 7.11 Å². The Morgan fingerprint density at radius 2 is 1.97 bits per heavy atom. The Morgan fingerprint density at radius 1 is 1.16 bits per heavy atom. The van der Waals surface area contributed by atoms with Crippen LogP contribution in [0.25, 0.3) is 0 Å². The summed E-state index contributed by atoms with van der Waals surface area (Å²) in [6, 6.07) is 8.72. The summed E-state index contributed by atoms with van der Waals surface area (Å²) in [7, 11) is -2.15. The highest BCUT2D eigenvalue weighted by molar-refractivity contribution is 7.93. The predicted octanol–water partition coefficient (Wildman–Crippen LogP) is 3.18. The molecule has 2 heterocycles. The fraction of sp³-hybridized carbons (Fsp3) is 0.409. The zero-order valence-corrected chi connectivity index (χ0v) is 18.9. The molecule has 2 aromatic rings. The summed E-state index contributed by atoms with van der Waals surface area (Å²) >= 11 is 0. The van der Waals surface area contributed by atoms with Crippen molar-refractivity contribution in [2.75, 3.05) is 25.2 Å². The van der Waals surface area contributed by atoms with Gasteiger partial charge in [-0.25, -0.2) is 8.42 Å². The first-order valence-corrected chi connectivity index (χ1v) is 11.7. The molecule has 0 saturated heterocycles. The van der Waals surface area contributed by atoms with Crippen molar-refractivity contribution < 1.29 is 36.9 Å². The number of benzene rings is 2. The van der Waals surface area contributed by atoms with Crippen LogP contribution in [0.3, 0.4) is 0 Å². The summed E-state index contributed by atoms with van der Waals surface area (Å²) in [6.45, 7) is 3.80. The minimum atomic E-state index is -3.51. The van der Waals surface area contributed by atoms with Gasteiger partial charge < -0.3 is 23.7 Å². The Labute approximate surface area is 186 Å². The zero-order valence-electron chi connectivity index (χ0n) is 18.0. The molecule has 1 N–H and O–H groups in total. The Morgan fingerprint density at radius 3 is 2.72 bits per heavy atom. The van der Waals surface area contributed by atoms with Gasteiger partial charge in [0.05, 0.1) is 31.1 Å². The van der Waals surface area contributed by atoms with E-state index in [9.17, 15) is 13.2 Å². The SMILES string of the molecule is COC(=O)C[C@@H]1COc2cc(OCc3cc(NS(=O)(=O)C(C)C)cc4c3OCO4)ccc21. The summed E-state index contributed by atoms with van der Waals surface area (Å²) in [5.41, 5.74) is 1.96. The molecule has 0 aliphatic carbocycles. The number of carbonyl (C=O) groups excluding carboxylic acids is 1. The van der Waals surface area contributed by atoms with Gasteiger partial charge in [0.25, 0.3) is 0 Å². The smallest absolute Gasteiger partial charge is 0.306 e. The van der Waals surface area contributed by atoms with E-state index >= 15 is 0 Å². The van der Waals surface area contributed by atoms with E-state index in [1.807, 2.05) is 6.07 Å². The number of hydrogen-bond donors (Lipinski definition) is 1. The summed E-state index contributed by atoms with van der Waals surface area (Å²) in [5, 5.41) is -0.581. The minimum Gasteiger partial charge on any atom is -0.492 e. The third kappa shape index (κ3) is 4.55. The number of methoxy groups -OCH3 is 1. The van der Waals surface area contributed by atoms with E-state index in [0.29, 0.717) is 40.9 Å². The van der Waals surface area contributed by atoms with E-state index in [4.69, 9.17) is 23.7 Å². The Balaban J connectivity index is 1.50. The van der Waals surface area contributed by atoms with Crippen molar-refractivity contribution in [3.8, 4) is 23.0 Å². The molecule has 32 heavy (non-hydrogen) atoms. The normalized spacial score (nSPS) is 16.4. The molecule has 1 atom stereocenters. The van der Waals surface area contributed by atoms with Crippen molar-refractivity contribution in [3.63, 3.8) is 0 Å². The van der Waals surface area contributed by atoms with Crippen molar-refractivity contribution in [1.29, 1.82) is 0 Å². The highest BCUT2D eigenvalue weighted by Crippen LogP contribution is 2.41. The van der Waals surface area contributed by atoms with Crippen LogP contribution in [0.1, 0.15) is 37.3 Å². The first-order chi connectivity index (χ1) is 15.3. The lowest BCUT2D eigenvalue weighted by Crippen LogP contribution is -2.22. The molecule has 0 radical (unpaired) electrons. The van der Waals surface area contributed by atoms with Crippen molar-refractivity contribution in [3.05, 3.63) is 41.5 Å². The van der Waals surface area contributed by atoms with Crippen LogP contribution in [0.2, 0.25) is 0 Å². The van der Waals surface area contributed by atoms with Gasteiger partial charge in [-0.15, -0.1) is 0 Å². The fourth-order valence-corrected chi connectivity index (χ4v) is 4.17. The number of sulfonamides is 1. The number of anilines is 1. The van der Waals surface area contributed by atoms with Crippen LogP contribution in [-0.4, -0.2) is 40.1 Å². The molecule has 4 rings (SSSR count). The second-order valence-corrected chi connectivity index (χ2v) is 10.1. The first kappa shape index (κ1) is 22.1. The van der Waals surface area contributed by atoms with Gasteiger partial charge in [0, 0.05) is 29.2 Å². The van der Waals surface area contributed by atoms with Gasteiger partial charge in [-0.3, -0.25) is 9.52 Å². The highest BCUT2D eigenvalue weighted by atomic mass is 32.2. The number of nitrogens with one attached hydrogen (secondary N) is 1. The molecule has 0 spiro atoms. The summed E-state index contributed by atoms with van der Waals surface area (Å²) < 4.78 is 54.4. The molecule has 0 saturated carbocycles. The molecule has 2 aliphatic rings. The number of hydrogen-bond acceptors (Lipinski definition) is 8. The van der Waals surface area contributed by atoms with Crippen LogP contribution in [0, 0.1) is 0 Å². The van der Waals surface area contributed by atoms with E-state index < -0.39 is 15.3 Å². The largest absolute Gasteiger partial charge is 0.492 e. The molecule has 172 valence electrons. The van der Waals surface area contributed by atoms with Crippen LogP contribution in [0.15, 0.2) is 30.3 Å². The first-order valence-electron chi connectivity index (χ1n) is 10.2. The minimum absolute atomic E-state index is 0.0500. The molecule has 0 unspecified atom stereocenters. The number of fused-ring (bicyclic) bond motifs is 2. The molecule has 2 aromatic carbocycles. The Hall–Kier alpha value is -3.14. The second-order valence-electron chi connectivity index (χ2n) is 7.84. The summed E-state index contributed by atoms with van der Waals surface area (Å²) in [4.78, 5) is 11.6. The average Bonchev–Trinajstić information content (AvgIpc) is 3.38. The van der Waals surface area contributed by atoms with Crippen LogP contribution in [0.5, 0.6) is 23.0 Å². The van der Waals surface area contributed by atoms with Crippen molar-refractivity contribution in [2.24, 2.45) is 0 Å². The predicted molar refractivity (Wildman–Crippen MR) is 116 cm³/mol. The Kier molecular flexibility index (Phi) is 6.05. The maximum absolute atomic E-state index is 12.3. The number of ether oxygens (including phenoxy) is 5. The van der Waals surface area contributed by atoms with Gasteiger partial charge in [-0.05, 0) is 26.0 Å². The van der Waals surface area contributed by atoms with Crippen LogP contribution >= 0.6 is 0 Å². The maximum Gasteiger partial charge on any atom is 0.306 e. The third-order valence-electron chi connectivity index (χ3n) is 5.33. The summed E-state index contributed by atoms with van der Waals surface area (Å²) in [6.07, 6.45) is 0.256. The van der Waals surface area contributed by atoms with E-state index in [0.717, 1.165) is 5.56 Å². The van der Waals surface area contributed by atoms with Gasteiger partial charge in [0.15, 0.2) is 11.5 Å². The fourth-order valence-electron chi connectivity index (χ4n) is 3.49. The molecule has 2 aliphatic heterocycles. The zero-order chi connectivity index (χ0) is 22.9. The third-order valence-corrected chi connectivity index (χ3v) is 7.09. The highest BCUT2D eigenvalue weighted by Gasteiger charge is 2.27. The monoisotopic (exact) mass is 463 g/mol. The van der Waals surface area contributed by atoms with Gasteiger partial charge >= 0.3 is 5.97 Å². The quantitative estimate of drug-likeness (QED) is 0.595. The van der Waals surface area contributed by atoms with Crippen molar-refractivity contribution in [2.45, 2.75) is 38.0 Å². The number of carbonyl (C=O) groups is 1. The number of rotatable bonds is 8. The topological polar surface area (TPSA) is 109 Å². The van der Waals surface area contributed by atoms with Gasteiger partial charge in [-0.1, -0.05) is 6.07 Å². The molecule has 0 aromatic heterocycles. The van der Waals surface area contributed by atoms with Crippen LogP contribution in [0.4, 0.5) is 5.69 Å². The van der Waals surface area contributed by atoms with Gasteiger partial charge in [0.1, 0.15) is 18.1 Å². The average molecular weight is 464 g/mol. The summed E-state index contributed by atoms with van der Waals surface area (Å²) in [5.74, 6) is 1.88. The molecule has 10 heteroatoms. The standard InChI is InChI=1S/C22H25NO8S/c1-13(2)32(25,26)23-16-6-15(22-20(8-16)30-12-31-22)11-28-17-4-5-18-14(7-21(24)27-3)10-29-19(18)9-17/h4-6,8-9,13-14,23H,7,10-12H2,1-3H3/t14-/m1/s1. The van der Waals surface area contributed by atoms with E-state index in [2.05, 4.69) is 4.72 Å². The second kappa shape index (κ2) is 8.78. The maximum atomic E-state index is 12.3. The lowest BCUT2D eigenvalue weighted by atomic mass is 9.98. The van der Waals surface area contributed by atoms with Crippen molar-refractivity contribution in [1.82, 2.24) is 0 Å². The number of esters is 1. The van der Waals surface area contributed by atoms with Crippen LogP contribution < -0.4 is 23.7 Å². The van der Waals surface area contributed by atoms with E-state index in [-0.39, 0.29) is 31.7 Å². The molecular formula is C22H25NO8S. The van der Waals surface area contributed by atoms with E-state index in [1.54, 1.807) is 38.1 Å². The lowest BCUT2D eigenvalue weighted by molar-refractivity contribution is -0.141. The molecular weight excluding hydrogens is 438 g/mol. The van der Waals surface area contributed by atoms with Crippen LogP contribution in [-0.2, 0) is 26.2 Å². The molecule has 0 fully saturated rings. The molecule has 9 nitrogen and oxygen atoms in total. The van der Waals surface area contributed by atoms with Gasteiger partial charge in [0.2, 0.25) is 16.8 Å². The lowest BCUT2D eigenvalue weighted by Gasteiger charge is -2.14. The molecule has 0 bridgehead atoms. The van der Waals surface area contributed by atoms with Gasteiger partial charge in [-0.2, -0.15) is 0 Å². The molecule has 0 amide bonds.